The van der Waals surface area contributed by atoms with E-state index in [0.29, 0.717) is 24.9 Å². The average molecular weight is 743 g/mol. The number of likely N-dealkylation sites (tertiary alicyclic amines) is 1. The molecule has 0 aromatic heterocycles. The first-order chi connectivity index (χ1) is 24.7. The quantitative estimate of drug-likeness (QED) is 0.132. The van der Waals surface area contributed by atoms with Crippen LogP contribution < -0.4 is 26.6 Å². The summed E-state index contributed by atoms with van der Waals surface area (Å²) in [5.74, 6) is 0.222. The number of hydrogen-bond acceptors (Lipinski definition) is 8. The number of nitrogens with one attached hydrogen (secondary N) is 5. The number of hydrogen-bond donors (Lipinski definition) is 6. The highest BCUT2D eigenvalue weighted by Crippen LogP contribution is 2.40. The first-order valence-electron chi connectivity index (χ1n) is 19.7. The van der Waals surface area contributed by atoms with Gasteiger partial charge in [0.1, 0.15) is 12.1 Å². The zero-order valence-electron chi connectivity index (χ0n) is 32.5. The number of carbonyl (C=O) groups is 4. The summed E-state index contributed by atoms with van der Waals surface area (Å²) in [7, 11) is 0. The molecule has 6 N–H and O–H groups in total. The van der Waals surface area contributed by atoms with Crippen molar-refractivity contribution in [3.8, 4) is 0 Å². The fourth-order valence-corrected chi connectivity index (χ4v) is 9.46. The molecule has 0 bridgehead atoms. The molecular weight excluding hydrogens is 677 g/mol. The summed E-state index contributed by atoms with van der Waals surface area (Å²) in [6.07, 6.45) is 10.1. The highest BCUT2D eigenvalue weighted by atomic mass is 32.2. The zero-order valence-corrected chi connectivity index (χ0v) is 33.3. The molecule has 7 atom stereocenters. The molecule has 3 aliphatic rings. The van der Waals surface area contributed by atoms with Crippen molar-refractivity contribution < 1.29 is 24.3 Å². The van der Waals surface area contributed by atoms with Crippen LogP contribution in [-0.4, -0.2) is 99.7 Å². The summed E-state index contributed by atoms with van der Waals surface area (Å²) in [6.45, 7) is 13.6. The van der Waals surface area contributed by atoms with Gasteiger partial charge in [0.2, 0.25) is 23.6 Å². The topological polar surface area (TPSA) is 152 Å². The van der Waals surface area contributed by atoms with Crippen LogP contribution in [0.1, 0.15) is 111 Å². The first-order valence-corrected chi connectivity index (χ1v) is 20.6. The van der Waals surface area contributed by atoms with E-state index < -0.39 is 28.3 Å². The second-order valence-corrected chi connectivity index (χ2v) is 18.6. The largest absolute Gasteiger partial charge is 0.390 e. The molecule has 1 aromatic carbocycles. The minimum absolute atomic E-state index is 0.00123. The van der Waals surface area contributed by atoms with Crippen LogP contribution in [0.2, 0.25) is 0 Å². The minimum atomic E-state index is -0.890. The Bertz CT molecular complexity index is 1320. The van der Waals surface area contributed by atoms with Gasteiger partial charge in [-0.05, 0) is 71.3 Å². The summed E-state index contributed by atoms with van der Waals surface area (Å²) < 4.78 is -0.610. The first kappa shape index (κ1) is 42.1. The number of aliphatic hydroxyl groups is 1. The van der Waals surface area contributed by atoms with Gasteiger partial charge in [0.25, 0.3) is 0 Å². The predicted molar refractivity (Wildman–Crippen MR) is 209 cm³/mol. The van der Waals surface area contributed by atoms with Crippen molar-refractivity contribution in [2.24, 2.45) is 11.8 Å². The highest BCUT2D eigenvalue weighted by molar-refractivity contribution is 8.01. The van der Waals surface area contributed by atoms with E-state index in [2.05, 4.69) is 38.4 Å². The molecule has 11 nitrogen and oxygen atoms in total. The van der Waals surface area contributed by atoms with Gasteiger partial charge in [-0.1, -0.05) is 82.2 Å². The Kier molecular flexibility index (Phi) is 15.9. The Hall–Kier alpha value is -2.67. The summed E-state index contributed by atoms with van der Waals surface area (Å²) in [5.41, 5.74) is 0.497. The smallest absolute Gasteiger partial charge is 0.245 e. The number of thioether (sulfide) groups is 1. The Morgan fingerprint density at radius 2 is 1.67 bits per heavy atom. The van der Waals surface area contributed by atoms with Gasteiger partial charge in [-0.25, -0.2) is 0 Å². The predicted octanol–water partition coefficient (Wildman–Crippen LogP) is 3.88. The molecule has 1 unspecified atom stereocenters. The van der Waals surface area contributed by atoms with Crippen molar-refractivity contribution in [1.29, 1.82) is 0 Å². The number of amides is 4. The lowest BCUT2D eigenvalue weighted by molar-refractivity contribution is -0.133. The maximum absolute atomic E-state index is 13.7. The third-order valence-corrected chi connectivity index (χ3v) is 12.2. The van der Waals surface area contributed by atoms with E-state index in [1.54, 1.807) is 0 Å². The van der Waals surface area contributed by atoms with E-state index in [1.807, 2.05) is 65.0 Å². The zero-order chi connectivity index (χ0) is 37.9. The standard InChI is InChI=1S/C40H66N6O5S/c1-7-8-9-10-16-21-41-36(50)33(43-32(48)22-27-17-12-11-13-18-27)38-44-34(40(5,6)52-38)37(51)42-24-30(47)26-46-25-29-20-15-14-19-28(29)23-31(46)35(49)45-39(2,3)4/h11-13,17-18,28-31,33-34,38,44,47H,7-10,14-16,19-26H2,1-6H3,(H,41,50)(H,42,51)(H,43,48)(H,45,49)/t28-,29+,30?,31-,33+,34-,38+/m0/s1. The van der Waals surface area contributed by atoms with E-state index in [0.717, 1.165) is 57.1 Å². The van der Waals surface area contributed by atoms with Gasteiger partial charge in [0.15, 0.2) is 0 Å². The van der Waals surface area contributed by atoms with Crippen molar-refractivity contribution in [3.63, 3.8) is 0 Å². The Balaban J connectivity index is 1.37. The molecule has 1 aromatic rings. The lowest BCUT2D eigenvalue weighted by Crippen LogP contribution is -2.60. The normalized spacial score (nSPS) is 25.7. The van der Waals surface area contributed by atoms with Gasteiger partial charge in [-0.3, -0.25) is 29.4 Å². The van der Waals surface area contributed by atoms with Crippen LogP contribution in [0.4, 0.5) is 0 Å². The summed E-state index contributed by atoms with van der Waals surface area (Å²) in [4.78, 5) is 56.0. The number of fused-ring (bicyclic) bond motifs is 1. The molecule has 0 radical (unpaired) electrons. The molecular formula is C40H66N6O5S. The van der Waals surface area contributed by atoms with Crippen LogP contribution in [0.25, 0.3) is 0 Å². The van der Waals surface area contributed by atoms with E-state index in [4.69, 9.17) is 0 Å². The van der Waals surface area contributed by atoms with Crippen molar-refractivity contribution in [2.45, 2.75) is 152 Å². The van der Waals surface area contributed by atoms with Crippen LogP contribution >= 0.6 is 11.8 Å². The van der Waals surface area contributed by atoms with Crippen LogP contribution in [0.3, 0.4) is 0 Å². The van der Waals surface area contributed by atoms with Crippen molar-refractivity contribution >= 4 is 35.4 Å². The maximum Gasteiger partial charge on any atom is 0.245 e. The van der Waals surface area contributed by atoms with Crippen molar-refractivity contribution in [1.82, 2.24) is 31.5 Å². The van der Waals surface area contributed by atoms with Gasteiger partial charge < -0.3 is 26.4 Å². The average Bonchev–Trinajstić information content (AvgIpc) is 3.41. The molecule has 0 spiro atoms. The number of aliphatic hydroxyl groups excluding tert-OH is 1. The van der Waals surface area contributed by atoms with Gasteiger partial charge >= 0.3 is 0 Å². The second-order valence-electron chi connectivity index (χ2n) is 16.8. The monoisotopic (exact) mass is 742 g/mol. The molecule has 2 aliphatic heterocycles. The third kappa shape index (κ3) is 12.7. The molecule has 12 heteroatoms. The Morgan fingerprint density at radius 3 is 2.37 bits per heavy atom. The van der Waals surface area contributed by atoms with Gasteiger partial charge in [0.05, 0.1) is 23.9 Å². The maximum atomic E-state index is 13.7. The number of nitrogens with zero attached hydrogens (tertiary/aromatic N) is 1. The number of rotatable bonds is 17. The number of benzene rings is 1. The fourth-order valence-electron chi connectivity index (χ4n) is 7.97. The minimum Gasteiger partial charge on any atom is -0.390 e. The van der Waals surface area contributed by atoms with E-state index >= 15 is 0 Å². The molecule has 2 heterocycles. The van der Waals surface area contributed by atoms with Crippen molar-refractivity contribution in [2.75, 3.05) is 26.2 Å². The highest BCUT2D eigenvalue weighted by Gasteiger charge is 2.49. The summed E-state index contributed by atoms with van der Waals surface area (Å²) in [5, 5.41) is 26.1. The van der Waals surface area contributed by atoms with Crippen LogP contribution in [0.5, 0.6) is 0 Å². The van der Waals surface area contributed by atoms with E-state index in [-0.39, 0.29) is 48.2 Å². The molecule has 1 aliphatic carbocycles. The lowest BCUT2D eigenvalue weighted by atomic mass is 9.72. The fraction of sp³-hybridized carbons (Fsp3) is 0.750. The number of unbranched alkanes of at least 4 members (excludes halogenated alkanes) is 4. The van der Waals surface area contributed by atoms with E-state index in [1.165, 1.54) is 31.0 Å². The Labute approximate surface area is 316 Å². The Morgan fingerprint density at radius 1 is 0.981 bits per heavy atom. The SMILES string of the molecule is CCCCCCCNC(=O)[C@@H](NC(=O)Cc1ccccc1)[C@@H]1N[C@@H](C(=O)NCC(O)CN2C[C@H]3CCCC[C@H]3C[C@H]2C(=O)NC(C)(C)C)C(C)(C)S1. The molecule has 292 valence electrons. The summed E-state index contributed by atoms with van der Waals surface area (Å²) >= 11 is 1.46. The second kappa shape index (κ2) is 19.6. The number of β-amino-alcohol motifs (C(OH)–C–C–N with tert-alkyl or cyclic N) is 1. The molecule has 1 saturated carbocycles. The van der Waals surface area contributed by atoms with Crippen LogP contribution in [0.15, 0.2) is 30.3 Å². The molecule has 3 fully saturated rings. The number of carbonyl (C=O) groups excluding carboxylic acids is 4. The lowest BCUT2D eigenvalue weighted by Gasteiger charge is -2.46. The van der Waals surface area contributed by atoms with Crippen LogP contribution in [-0.2, 0) is 25.6 Å². The van der Waals surface area contributed by atoms with Crippen LogP contribution in [0, 0.1) is 11.8 Å². The van der Waals surface area contributed by atoms with Gasteiger partial charge in [-0.2, -0.15) is 0 Å². The number of piperidine rings is 1. The van der Waals surface area contributed by atoms with Gasteiger partial charge in [-0.15, -0.1) is 11.8 Å². The summed E-state index contributed by atoms with van der Waals surface area (Å²) in [6, 6.07) is 7.53. The van der Waals surface area contributed by atoms with Gasteiger partial charge in [0, 0.05) is 36.5 Å². The molecule has 4 amide bonds. The van der Waals surface area contributed by atoms with E-state index in [9.17, 15) is 24.3 Å². The van der Waals surface area contributed by atoms with Crippen molar-refractivity contribution in [3.05, 3.63) is 35.9 Å². The third-order valence-electron chi connectivity index (χ3n) is 10.7. The molecule has 52 heavy (non-hydrogen) atoms. The molecule has 2 saturated heterocycles. The molecule has 4 rings (SSSR count).